The summed E-state index contributed by atoms with van der Waals surface area (Å²) in [4.78, 5) is 12.3. The zero-order valence-electron chi connectivity index (χ0n) is 16.0. The summed E-state index contributed by atoms with van der Waals surface area (Å²) in [7, 11) is 3.06. The second-order valence-electron chi connectivity index (χ2n) is 7.18. The Bertz CT molecular complexity index is 764. The topological polar surface area (TPSA) is 47.6 Å². The quantitative estimate of drug-likeness (QED) is 0.752. The Labute approximate surface area is 160 Å². The maximum atomic E-state index is 12.3. The number of carbonyl (C=O) groups excluding carboxylic acids is 1. The Morgan fingerprint density at radius 1 is 1.04 bits per heavy atom. The molecule has 1 N–H and O–H groups in total. The van der Waals surface area contributed by atoms with Gasteiger partial charge in [0.2, 0.25) is 5.91 Å². The van der Waals surface area contributed by atoms with Crippen LogP contribution in [0.25, 0.3) is 0 Å². The number of methoxy groups -OCH3 is 2. The van der Waals surface area contributed by atoms with E-state index in [1.54, 1.807) is 12.1 Å². The van der Waals surface area contributed by atoms with E-state index in [-0.39, 0.29) is 11.3 Å². The van der Waals surface area contributed by atoms with Crippen molar-refractivity contribution in [3.63, 3.8) is 0 Å². The molecule has 0 aliphatic carbocycles. The molecule has 5 heteroatoms. The summed E-state index contributed by atoms with van der Waals surface area (Å²) in [5.41, 5.74) is 3.08. The van der Waals surface area contributed by atoms with E-state index in [9.17, 15) is 4.79 Å². The first-order valence-electron chi connectivity index (χ1n) is 8.55. The lowest BCUT2D eigenvalue weighted by Crippen LogP contribution is -2.14. The summed E-state index contributed by atoms with van der Waals surface area (Å²) in [6.45, 7) is 6.55. The van der Waals surface area contributed by atoms with Gasteiger partial charge in [0, 0.05) is 18.6 Å². The summed E-state index contributed by atoms with van der Waals surface area (Å²) < 4.78 is 10.5. The molecule has 0 unspecified atom stereocenters. The Kier molecular flexibility index (Phi) is 6.54. The third-order valence-electron chi connectivity index (χ3n) is 4.21. The summed E-state index contributed by atoms with van der Waals surface area (Å²) >= 11 is 6.09. The highest BCUT2D eigenvalue weighted by Crippen LogP contribution is 2.36. The number of anilines is 1. The lowest BCUT2D eigenvalue weighted by Gasteiger charge is -2.19. The second-order valence-corrected chi connectivity index (χ2v) is 7.59. The molecular formula is C21H26ClNO3. The van der Waals surface area contributed by atoms with Crippen molar-refractivity contribution in [2.75, 3.05) is 19.5 Å². The van der Waals surface area contributed by atoms with Crippen molar-refractivity contribution in [3.8, 4) is 11.5 Å². The van der Waals surface area contributed by atoms with Crippen LogP contribution >= 0.6 is 11.6 Å². The van der Waals surface area contributed by atoms with Crippen LogP contribution < -0.4 is 14.8 Å². The zero-order chi connectivity index (χ0) is 19.3. The van der Waals surface area contributed by atoms with Crippen LogP contribution in [0.3, 0.4) is 0 Å². The van der Waals surface area contributed by atoms with Crippen molar-refractivity contribution in [1.82, 2.24) is 0 Å². The summed E-state index contributed by atoms with van der Waals surface area (Å²) in [5, 5.41) is 3.30. The van der Waals surface area contributed by atoms with E-state index in [2.05, 4.69) is 50.4 Å². The second kappa shape index (κ2) is 8.45. The fraction of sp³-hybridized carbons (Fsp3) is 0.381. The third-order valence-corrected chi connectivity index (χ3v) is 4.50. The average Bonchev–Trinajstić information content (AvgIpc) is 2.60. The Morgan fingerprint density at radius 2 is 1.65 bits per heavy atom. The first-order chi connectivity index (χ1) is 12.2. The van der Waals surface area contributed by atoms with E-state index in [1.165, 1.54) is 19.8 Å². The van der Waals surface area contributed by atoms with Gasteiger partial charge >= 0.3 is 0 Å². The van der Waals surface area contributed by atoms with Crippen molar-refractivity contribution in [2.45, 2.75) is 39.0 Å². The van der Waals surface area contributed by atoms with Gasteiger partial charge in [0.15, 0.2) is 0 Å². The number of nitrogens with one attached hydrogen (secondary N) is 1. The molecule has 0 heterocycles. The summed E-state index contributed by atoms with van der Waals surface area (Å²) in [6.07, 6.45) is 1.05. The van der Waals surface area contributed by atoms with Crippen LogP contribution in [-0.2, 0) is 16.6 Å². The summed E-state index contributed by atoms with van der Waals surface area (Å²) in [6, 6.07) is 11.7. The molecule has 0 aromatic heterocycles. The SMILES string of the molecule is COc1cc(NC(=O)CCc2ccc(C(C)(C)C)cc2)c(OC)cc1Cl. The minimum absolute atomic E-state index is 0.0902. The number of carbonyl (C=O) groups is 1. The number of benzene rings is 2. The predicted molar refractivity (Wildman–Crippen MR) is 107 cm³/mol. The minimum atomic E-state index is -0.0902. The van der Waals surface area contributed by atoms with Crippen LogP contribution in [0.5, 0.6) is 11.5 Å². The van der Waals surface area contributed by atoms with Gasteiger partial charge in [0.05, 0.1) is 24.9 Å². The summed E-state index contributed by atoms with van der Waals surface area (Å²) in [5.74, 6) is 0.895. The van der Waals surface area contributed by atoms with Crippen LogP contribution in [0.4, 0.5) is 5.69 Å². The van der Waals surface area contributed by atoms with E-state index in [4.69, 9.17) is 21.1 Å². The van der Waals surface area contributed by atoms with Crippen LogP contribution in [0, 0.1) is 0 Å². The van der Waals surface area contributed by atoms with Gasteiger partial charge in [-0.15, -0.1) is 0 Å². The Balaban J connectivity index is 2.01. The molecule has 0 atom stereocenters. The molecule has 0 spiro atoms. The van der Waals surface area contributed by atoms with Crippen LogP contribution in [0.15, 0.2) is 36.4 Å². The van der Waals surface area contributed by atoms with Crippen molar-refractivity contribution < 1.29 is 14.3 Å². The lowest BCUT2D eigenvalue weighted by atomic mass is 9.86. The monoisotopic (exact) mass is 375 g/mol. The van der Waals surface area contributed by atoms with E-state index < -0.39 is 0 Å². The highest BCUT2D eigenvalue weighted by Gasteiger charge is 2.14. The molecule has 2 aromatic carbocycles. The standard InChI is InChI=1S/C21H26ClNO3/c1-21(2,3)15-9-6-14(7-10-15)8-11-20(24)23-17-13-18(25-4)16(22)12-19(17)26-5/h6-7,9-10,12-13H,8,11H2,1-5H3,(H,23,24). The molecule has 1 amide bonds. The number of rotatable bonds is 6. The lowest BCUT2D eigenvalue weighted by molar-refractivity contribution is -0.116. The van der Waals surface area contributed by atoms with Crippen molar-refractivity contribution in [3.05, 3.63) is 52.5 Å². The zero-order valence-corrected chi connectivity index (χ0v) is 16.7. The molecule has 0 aliphatic rings. The van der Waals surface area contributed by atoms with Gasteiger partial charge < -0.3 is 14.8 Å². The molecule has 0 radical (unpaired) electrons. The molecule has 26 heavy (non-hydrogen) atoms. The van der Waals surface area contributed by atoms with Crippen molar-refractivity contribution in [1.29, 1.82) is 0 Å². The maximum Gasteiger partial charge on any atom is 0.224 e. The van der Waals surface area contributed by atoms with Gasteiger partial charge in [-0.25, -0.2) is 0 Å². The Hall–Kier alpha value is -2.20. The van der Waals surface area contributed by atoms with Gasteiger partial charge in [0.25, 0.3) is 0 Å². The molecule has 140 valence electrons. The smallest absolute Gasteiger partial charge is 0.224 e. The molecule has 0 fully saturated rings. The van der Waals surface area contributed by atoms with Crippen molar-refractivity contribution >= 4 is 23.2 Å². The van der Waals surface area contributed by atoms with E-state index in [1.807, 2.05) is 0 Å². The van der Waals surface area contributed by atoms with Gasteiger partial charge in [-0.05, 0) is 23.0 Å². The third kappa shape index (κ3) is 5.15. The van der Waals surface area contributed by atoms with E-state index in [0.717, 1.165) is 5.56 Å². The van der Waals surface area contributed by atoms with Crippen LogP contribution in [-0.4, -0.2) is 20.1 Å². The van der Waals surface area contributed by atoms with Crippen LogP contribution in [0.1, 0.15) is 38.3 Å². The normalized spacial score (nSPS) is 11.2. The number of aryl methyl sites for hydroxylation is 1. The fourth-order valence-electron chi connectivity index (χ4n) is 2.60. The van der Waals surface area contributed by atoms with Gasteiger partial charge in [-0.1, -0.05) is 56.6 Å². The molecule has 4 nitrogen and oxygen atoms in total. The molecule has 2 rings (SSSR count). The van der Waals surface area contributed by atoms with Gasteiger partial charge in [-0.3, -0.25) is 4.79 Å². The first-order valence-corrected chi connectivity index (χ1v) is 8.93. The molecule has 0 saturated carbocycles. The minimum Gasteiger partial charge on any atom is -0.495 e. The Morgan fingerprint density at radius 3 is 2.19 bits per heavy atom. The number of hydrogen-bond acceptors (Lipinski definition) is 3. The maximum absolute atomic E-state index is 12.3. The fourth-order valence-corrected chi connectivity index (χ4v) is 2.83. The van der Waals surface area contributed by atoms with Crippen LogP contribution in [0.2, 0.25) is 5.02 Å². The predicted octanol–water partition coefficient (Wildman–Crippen LogP) is 5.23. The highest BCUT2D eigenvalue weighted by molar-refractivity contribution is 6.32. The molecule has 2 aromatic rings. The largest absolute Gasteiger partial charge is 0.495 e. The molecule has 0 aliphatic heterocycles. The first kappa shape index (κ1) is 20.1. The molecule has 0 saturated heterocycles. The number of amides is 1. The average molecular weight is 376 g/mol. The van der Waals surface area contributed by atoms with Gasteiger partial charge in [-0.2, -0.15) is 0 Å². The van der Waals surface area contributed by atoms with E-state index in [0.29, 0.717) is 35.1 Å². The van der Waals surface area contributed by atoms with Gasteiger partial charge in [0.1, 0.15) is 11.5 Å². The number of hydrogen-bond donors (Lipinski definition) is 1. The van der Waals surface area contributed by atoms with Crippen molar-refractivity contribution in [2.24, 2.45) is 0 Å². The number of ether oxygens (including phenoxy) is 2. The molecular weight excluding hydrogens is 350 g/mol. The number of halogens is 1. The van der Waals surface area contributed by atoms with E-state index >= 15 is 0 Å². The molecule has 0 bridgehead atoms. The highest BCUT2D eigenvalue weighted by atomic mass is 35.5.